The van der Waals surface area contributed by atoms with Gasteiger partial charge in [-0.1, -0.05) is 36.8 Å². The molecule has 2 N–H and O–H groups in total. The highest BCUT2D eigenvalue weighted by molar-refractivity contribution is 5.94. The number of carbonyl (C=O) groups is 2. The van der Waals surface area contributed by atoms with E-state index < -0.39 is 0 Å². The van der Waals surface area contributed by atoms with Crippen LogP contribution in [-0.2, 0) is 30.6 Å². The summed E-state index contributed by atoms with van der Waals surface area (Å²) in [5.74, 6) is 1.99. The van der Waals surface area contributed by atoms with Crippen LogP contribution in [0.2, 0.25) is 0 Å². The number of amides is 3. The average Bonchev–Trinajstić information content (AvgIpc) is 3.06. The summed E-state index contributed by atoms with van der Waals surface area (Å²) in [5, 5.41) is 14.3. The molecule has 0 spiro atoms. The van der Waals surface area contributed by atoms with Gasteiger partial charge in [0, 0.05) is 44.4 Å². The number of fused-ring (bicyclic) bond motifs is 1. The molecular weight excluding hydrogens is 416 g/mol. The first-order valence-electron chi connectivity index (χ1n) is 11.5. The van der Waals surface area contributed by atoms with Crippen molar-refractivity contribution in [1.29, 1.82) is 0 Å². The number of nitrogens with zero attached hydrogens (tertiary/aromatic N) is 4. The number of para-hydroxylation sites is 1. The van der Waals surface area contributed by atoms with E-state index >= 15 is 0 Å². The number of nitrogens with one attached hydrogen (secondary N) is 2. The maximum absolute atomic E-state index is 12.5. The Morgan fingerprint density at radius 1 is 1.00 bits per heavy atom. The highest BCUT2D eigenvalue weighted by atomic mass is 16.2. The first kappa shape index (κ1) is 22.5. The van der Waals surface area contributed by atoms with Crippen molar-refractivity contribution in [3.05, 3.63) is 71.8 Å². The maximum Gasteiger partial charge on any atom is 0.319 e. The van der Waals surface area contributed by atoms with Gasteiger partial charge in [0.1, 0.15) is 11.6 Å². The Balaban J connectivity index is 1.23. The van der Waals surface area contributed by atoms with Crippen LogP contribution in [0.1, 0.15) is 36.5 Å². The lowest BCUT2D eigenvalue weighted by atomic mass is 10.1. The molecule has 0 aliphatic carbocycles. The molecule has 0 radical (unpaired) electrons. The van der Waals surface area contributed by atoms with Crippen molar-refractivity contribution in [3.8, 4) is 0 Å². The normalized spacial score (nSPS) is 13.0. The second kappa shape index (κ2) is 10.8. The fourth-order valence-corrected chi connectivity index (χ4v) is 3.99. The van der Waals surface area contributed by atoms with Crippen LogP contribution in [0.25, 0.3) is 0 Å². The van der Waals surface area contributed by atoms with E-state index in [1.165, 1.54) is 6.42 Å². The summed E-state index contributed by atoms with van der Waals surface area (Å²) < 4.78 is 2.20. The maximum atomic E-state index is 12.5. The van der Waals surface area contributed by atoms with Crippen LogP contribution in [0.15, 0.2) is 54.6 Å². The fourth-order valence-electron chi connectivity index (χ4n) is 3.99. The first-order valence-corrected chi connectivity index (χ1v) is 11.5. The summed E-state index contributed by atoms with van der Waals surface area (Å²) in [6.45, 7) is 1.45. The molecule has 1 aliphatic heterocycles. The molecule has 0 unspecified atom stereocenters. The molecule has 33 heavy (non-hydrogen) atoms. The number of anilines is 2. The van der Waals surface area contributed by atoms with Gasteiger partial charge in [0.25, 0.3) is 0 Å². The summed E-state index contributed by atoms with van der Waals surface area (Å²) in [4.78, 5) is 26.4. The SMILES string of the molecule is CN(C(=O)Cc1ccc(NC(=O)NCCc2nnc3n2CCCCC3)cc1)c1ccccc1. The van der Waals surface area contributed by atoms with Gasteiger partial charge in [0.05, 0.1) is 6.42 Å². The van der Waals surface area contributed by atoms with Crippen molar-refractivity contribution in [2.75, 3.05) is 23.8 Å². The summed E-state index contributed by atoms with van der Waals surface area (Å²) in [6, 6.07) is 16.6. The highest BCUT2D eigenvalue weighted by Crippen LogP contribution is 2.16. The van der Waals surface area contributed by atoms with Gasteiger partial charge < -0.3 is 20.1 Å². The molecule has 0 saturated carbocycles. The smallest absolute Gasteiger partial charge is 0.319 e. The molecule has 4 rings (SSSR count). The topological polar surface area (TPSA) is 92.2 Å². The molecule has 3 amide bonds. The molecular formula is C25H30N6O2. The van der Waals surface area contributed by atoms with E-state index in [4.69, 9.17) is 0 Å². The Morgan fingerprint density at radius 2 is 1.79 bits per heavy atom. The molecule has 1 aromatic heterocycles. The van der Waals surface area contributed by atoms with Crippen molar-refractivity contribution in [2.24, 2.45) is 0 Å². The number of likely N-dealkylation sites (N-methyl/N-ethyl adjacent to an activating group) is 1. The summed E-state index contributed by atoms with van der Waals surface area (Å²) >= 11 is 0. The first-order chi connectivity index (χ1) is 16.1. The van der Waals surface area contributed by atoms with Crippen molar-refractivity contribution >= 4 is 23.3 Å². The van der Waals surface area contributed by atoms with Gasteiger partial charge in [-0.2, -0.15) is 0 Å². The van der Waals surface area contributed by atoms with Gasteiger partial charge in [-0.05, 0) is 42.7 Å². The van der Waals surface area contributed by atoms with Crippen molar-refractivity contribution in [2.45, 2.75) is 45.1 Å². The Labute approximate surface area is 194 Å². The minimum absolute atomic E-state index is 0.00558. The molecule has 0 saturated heterocycles. The van der Waals surface area contributed by atoms with Crippen LogP contribution in [0.3, 0.4) is 0 Å². The summed E-state index contributed by atoms with van der Waals surface area (Å²) in [5.41, 5.74) is 2.43. The molecule has 0 bridgehead atoms. The molecule has 2 heterocycles. The van der Waals surface area contributed by atoms with Gasteiger partial charge >= 0.3 is 6.03 Å². The van der Waals surface area contributed by atoms with Gasteiger partial charge in [0.15, 0.2) is 0 Å². The van der Waals surface area contributed by atoms with Crippen LogP contribution in [-0.4, -0.2) is 40.3 Å². The lowest BCUT2D eigenvalue weighted by Crippen LogP contribution is -2.31. The Morgan fingerprint density at radius 3 is 2.58 bits per heavy atom. The monoisotopic (exact) mass is 446 g/mol. The standard InChI is InChI=1S/C25H30N6O2/c1-30(21-8-4-2-5-9-21)24(32)18-19-11-13-20(14-12-19)27-25(33)26-16-15-23-29-28-22-10-6-3-7-17-31(22)23/h2,4-5,8-9,11-14H,3,6-7,10,15-18H2,1H3,(H2,26,27,33). The fraction of sp³-hybridized carbons (Fsp3) is 0.360. The lowest BCUT2D eigenvalue weighted by molar-refractivity contribution is -0.117. The van der Waals surface area contributed by atoms with E-state index in [0.717, 1.165) is 48.7 Å². The van der Waals surface area contributed by atoms with Gasteiger partial charge in [-0.3, -0.25) is 4.79 Å². The number of carbonyl (C=O) groups excluding carboxylic acids is 2. The number of benzene rings is 2. The minimum Gasteiger partial charge on any atom is -0.337 e. The predicted molar refractivity (Wildman–Crippen MR) is 128 cm³/mol. The molecule has 2 aromatic carbocycles. The highest BCUT2D eigenvalue weighted by Gasteiger charge is 2.15. The molecule has 3 aromatic rings. The Kier molecular flexibility index (Phi) is 7.34. The van der Waals surface area contributed by atoms with E-state index in [2.05, 4.69) is 25.4 Å². The van der Waals surface area contributed by atoms with E-state index in [0.29, 0.717) is 25.1 Å². The third kappa shape index (κ3) is 5.97. The molecule has 0 atom stereocenters. The van der Waals surface area contributed by atoms with Crippen LogP contribution in [0, 0.1) is 0 Å². The average molecular weight is 447 g/mol. The Hall–Kier alpha value is -3.68. The zero-order chi connectivity index (χ0) is 23.0. The van der Waals surface area contributed by atoms with Crippen molar-refractivity contribution < 1.29 is 9.59 Å². The molecule has 0 fully saturated rings. The third-order valence-corrected chi connectivity index (χ3v) is 5.91. The van der Waals surface area contributed by atoms with Crippen LogP contribution < -0.4 is 15.5 Å². The zero-order valence-electron chi connectivity index (χ0n) is 19.0. The molecule has 8 heteroatoms. The number of aryl methyl sites for hydroxylation is 1. The van der Waals surface area contributed by atoms with E-state index in [-0.39, 0.29) is 11.9 Å². The van der Waals surface area contributed by atoms with Crippen molar-refractivity contribution in [1.82, 2.24) is 20.1 Å². The van der Waals surface area contributed by atoms with Crippen LogP contribution in [0.4, 0.5) is 16.2 Å². The third-order valence-electron chi connectivity index (χ3n) is 5.91. The number of urea groups is 1. The van der Waals surface area contributed by atoms with Gasteiger partial charge in [0.2, 0.25) is 5.91 Å². The minimum atomic E-state index is -0.266. The summed E-state index contributed by atoms with van der Waals surface area (Å²) in [7, 11) is 1.77. The lowest BCUT2D eigenvalue weighted by Gasteiger charge is -2.17. The second-order valence-electron chi connectivity index (χ2n) is 8.29. The quantitative estimate of drug-likeness (QED) is 0.580. The second-order valence-corrected chi connectivity index (χ2v) is 8.29. The van der Waals surface area contributed by atoms with Gasteiger partial charge in [-0.25, -0.2) is 4.79 Å². The Bertz CT molecular complexity index is 1080. The molecule has 1 aliphatic rings. The van der Waals surface area contributed by atoms with E-state index in [1.807, 2.05) is 54.6 Å². The van der Waals surface area contributed by atoms with Gasteiger partial charge in [-0.15, -0.1) is 10.2 Å². The van der Waals surface area contributed by atoms with E-state index in [9.17, 15) is 9.59 Å². The zero-order valence-corrected chi connectivity index (χ0v) is 19.0. The number of rotatable bonds is 7. The van der Waals surface area contributed by atoms with Crippen LogP contribution in [0.5, 0.6) is 0 Å². The number of hydrogen-bond acceptors (Lipinski definition) is 4. The molecule has 172 valence electrons. The number of aromatic nitrogens is 3. The van der Waals surface area contributed by atoms with Crippen LogP contribution >= 0.6 is 0 Å². The predicted octanol–water partition coefficient (Wildman–Crippen LogP) is 3.57. The number of hydrogen-bond donors (Lipinski definition) is 2. The van der Waals surface area contributed by atoms with E-state index in [1.54, 1.807) is 11.9 Å². The van der Waals surface area contributed by atoms with Crippen molar-refractivity contribution in [3.63, 3.8) is 0 Å². The largest absolute Gasteiger partial charge is 0.337 e. The summed E-state index contributed by atoms with van der Waals surface area (Å²) in [6.07, 6.45) is 5.45. The molecule has 8 nitrogen and oxygen atoms in total.